The SMILES string of the molecule is CCNCc1nc(-c2cc(Cl)ccc2Cl)cs1. The summed E-state index contributed by atoms with van der Waals surface area (Å²) in [4.78, 5) is 4.53. The van der Waals surface area contributed by atoms with Gasteiger partial charge in [0.05, 0.1) is 10.7 Å². The molecule has 0 unspecified atom stereocenters. The summed E-state index contributed by atoms with van der Waals surface area (Å²) in [5.74, 6) is 0. The number of nitrogens with one attached hydrogen (secondary N) is 1. The standard InChI is InChI=1S/C12H12Cl2N2S/c1-2-15-6-12-16-11(7-17-12)9-5-8(13)3-4-10(9)14/h3-5,7,15H,2,6H2,1H3. The third-order valence-electron chi connectivity index (χ3n) is 2.28. The molecule has 1 aromatic carbocycles. The molecule has 2 rings (SSSR count). The Kier molecular flexibility index (Phi) is 4.40. The molecule has 0 aliphatic carbocycles. The maximum Gasteiger partial charge on any atom is 0.107 e. The van der Waals surface area contributed by atoms with Crippen LogP contribution in [0.2, 0.25) is 10.0 Å². The summed E-state index contributed by atoms with van der Waals surface area (Å²) < 4.78 is 0. The molecule has 5 heteroatoms. The highest BCUT2D eigenvalue weighted by atomic mass is 35.5. The summed E-state index contributed by atoms with van der Waals surface area (Å²) in [6.07, 6.45) is 0. The van der Waals surface area contributed by atoms with Crippen LogP contribution in [-0.4, -0.2) is 11.5 Å². The molecule has 0 aliphatic rings. The van der Waals surface area contributed by atoms with Crippen LogP contribution in [0.4, 0.5) is 0 Å². The minimum atomic E-state index is 0.672. The third-order valence-corrected chi connectivity index (χ3v) is 3.70. The summed E-state index contributed by atoms with van der Waals surface area (Å²) >= 11 is 13.7. The fourth-order valence-corrected chi connectivity index (χ4v) is 2.59. The van der Waals surface area contributed by atoms with Gasteiger partial charge in [0.15, 0.2) is 0 Å². The van der Waals surface area contributed by atoms with E-state index in [9.17, 15) is 0 Å². The van der Waals surface area contributed by atoms with Crippen molar-refractivity contribution in [2.24, 2.45) is 0 Å². The van der Waals surface area contributed by atoms with Crippen molar-refractivity contribution >= 4 is 34.5 Å². The second kappa shape index (κ2) is 5.83. The van der Waals surface area contributed by atoms with Crippen LogP contribution in [0.5, 0.6) is 0 Å². The van der Waals surface area contributed by atoms with E-state index in [0.717, 1.165) is 29.4 Å². The van der Waals surface area contributed by atoms with E-state index >= 15 is 0 Å². The monoisotopic (exact) mass is 286 g/mol. The molecule has 0 fully saturated rings. The van der Waals surface area contributed by atoms with Crippen molar-refractivity contribution in [3.05, 3.63) is 38.6 Å². The van der Waals surface area contributed by atoms with Crippen molar-refractivity contribution in [2.75, 3.05) is 6.54 Å². The first kappa shape index (κ1) is 12.8. The lowest BCUT2D eigenvalue weighted by molar-refractivity contribution is 0.723. The van der Waals surface area contributed by atoms with Crippen molar-refractivity contribution in [3.8, 4) is 11.3 Å². The fourth-order valence-electron chi connectivity index (χ4n) is 1.44. The number of thiazole rings is 1. The Labute approximate surface area is 115 Å². The molecule has 2 aromatic rings. The maximum atomic E-state index is 6.13. The molecule has 0 bridgehead atoms. The molecular weight excluding hydrogens is 275 g/mol. The molecule has 0 spiro atoms. The Bertz CT molecular complexity index is 511. The van der Waals surface area contributed by atoms with Crippen LogP contribution in [0, 0.1) is 0 Å². The normalized spacial score (nSPS) is 10.8. The number of aromatic nitrogens is 1. The summed E-state index contributed by atoms with van der Waals surface area (Å²) in [5, 5.41) is 7.65. The Balaban J connectivity index is 2.27. The first-order valence-corrected chi connectivity index (χ1v) is 6.95. The van der Waals surface area contributed by atoms with E-state index in [-0.39, 0.29) is 0 Å². The lowest BCUT2D eigenvalue weighted by atomic mass is 10.2. The summed E-state index contributed by atoms with van der Waals surface area (Å²) in [5.41, 5.74) is 1.77. The van der Waals surface area contributed by atoms with E-state index in [1.807, 2.05) is 11.4 Å². The van der Waals surface area contributed by atoms with E-state index in [1.165, 1.54) is 0 Å². The smallest absolute Gasteiger partial charge is 0.107 e. The van der Waals surface area contributed by atoms with Crippen LogP contribution in [0.15, 0.2) is 23.6 Å². The lowest BCUT2D eigenvalue weighted by Gasteiger charge is -2.01. The van der Waals surface area contributed by atoms with E-state index < -0.39 is 0 Å². The van der Waals surface area contributed by atoms with E-state index in [2.05, 4.69) is 17.2 Å². The van der Waals surface area contributed by atoms with Gasteiger partial charge in [0.25, 0.3) is 0 Å². The Morgan fingerprint density at radius 2 is 2.18 bits per heavy atom. The Morgan fingerprint density at radius 3 is 2.94 bits per heavy atom. The molecule has 0 aliphatic heterocycles. The number of halogens is 2. The van der Waals surface area contributed by atoms with Gasteiger partial charge in [-0.05, 0) is 24.7 Å². The number of hydrogen-bond donors (Lipinski definition) is 1. The van der Waals surface area contributed by atoms with Gasteiger partial charge in [-0.3, -0.25) is 0 Å². The molecule has 0 atom stereocenters. The first-order chi connectivity index (χ1) is 8.20. The lowest BCUT2D eigenvalue weighted by Crippen LogP contribution is -2.11. The predicted molar refractivity (Wildman–Crippen MR) is 75.0 cm³/mol. The van der Waals surface area contributed by atoms with Crippen LogP contribution < -0.4 is 5.32 Å². The highest BCUT2D eigenvalue weighted by Gasteiger charge is 2.08. The van der Waals surface area contributed by atoms with Crippen molar-refractivity contribution < 1.29 is 0 Å². The zero-order valence-corrected chi connectivity index (χ0v) is 11.7. The van der Waals surface area contributed by atoms with Crippen LogP contribution in [0.3, 0.4) is 0 Å². The summed E-state index contributed by atoms with van der Waals surface area (Å²) in [6.45, 7) is 3.80. The molecule has 0 saturated carbocycles. The molecule has 1 heterocycles. The number of benzene rings is 1. The second-order valence-electron chi connectivity index (χ2n) is 3.53. The highest BCUT2D eigenvalue weighted by molar-refractivity contribution is 7.09. The number of nitrogens with zero attached hydrogens (tertiary/aromatic N) is 1. The molecule has 0 amide bonds. The molecular formula is C12H12Cl2N2S. The van der Waals surface area contributed by atoms with Gasteiger partial charge in [0.2, 0.25) is 0 Å². The second-order valence-corrected chi connectivity index (χ2v) is 5.32. The maximum absolute atomic E-state index is 6.13. The van der Waals surface area contributed by atoms with E-state index in [0.29, 0.717) is 10.0 Å². The molecule has 2 nitrogen and oxygen atoms in total. The zero-order valence-electron chi connectivity index (χ0n) is 9.34. The summed E-state index contributed by atoms with van der Waals surface area (Å²) in [6, 6.07) is 5.41. The molecule has 1 aromatic heterocycles. The van der Waals surface area contributed by atoms with Crippen LogP contribution in [0.25, 0.3) is 11.3 Å². The largest absolute Gasteiger partial charge is 0.311 e. The van der Waals surface area contributed by atoms with Gasteiger partial charge in [-0.25, -0.2) is 4.98 Å². The number of hydrogen-bond acceptors (Lipinski definition) is 3. The minimum absolute atomic E-state index is 0.672. The van der Waals surface area contributed by atoms with Crippen molar-refractivity contribution in [1.29, 1.82) is 0 Å². The highest BCUT2D eigenvalue weighted by Crippen LogP contribution is 2.31. The first-order valence-electron chi connectivity index (χ1n) is 5.31. The van der Waals surface area contributed by atoms with Gasteiger partial charge in [0.1, 0.15) is 5.01 Å². The van der Waals surface area contributed by atoms with Gasteiger partial charge in [-0.2, -0.15) is 0 Å². The topological polar surface area (TPSA) is 24.9 Å². The fraction of sp³-hybridized carbons (Fsp3) is 0.250. The van der Waals surface area contributed by atoms with Crippen LogP contribution >= 0.6 is 34.5 Å². The molecule has 0 radical (unpaired) electrons. The average molecular weight is 287 g/mol. The van der Waals surface area contributed by atoms with Crippen LogP contribution in [0.1, 0.15) is 11.9 Å². The Hall–Kier alpha value is -0.610. The van der Waals surface area contributed by atoms with Gasteiger partial charge in [-0.15, -0.1) is 11.3 Å². The molecule has 1 N–H and O–H groups in total. The van der Waals surface area contributed by atoms with E-state index in [1.54, 1.807) is 23.5 Å². The third kappa shape index (κ3) is 3.19. The van der Waals surface area contributed by atoms with Gasteiger partial charge in [0, 0.05) is 22.5 Å². The van der Waals surface area contributed by atoms with Gasteiger partial charge in [-0.1, -0.05) is 30.1 Å². The molecule has 90 valence electrons. The molecule has 17 heavy (non-hydrogen) atoms. The summed E-state index contributed by atoms with van der Waals surface area (Å²) in [7, 11) is 0. The predicted octanol–water partition coefficient (Wildman–Crippen LogP) is 4.23. The molecule has 0 saturated heterocycles. The van der Waals surface area contributed by atoms with Gasteiger partial charge < -0.3 is 5.32 Å². The van der Waals surface area contributed by atoms with Crippen molar-refractivity contribution in [1.82, 2.24) is 10.3 Å². The van der Waals surface area contributed by atoms with Gasteiger partial charge >= 0.3 is 0 Å². The average Bonchev–Trinajstić information content (AvgIpc) is 2.78. The van der Waals surface area contributed by atoms with E-state index in [4.69, 9.17) is 23.2 Å². The van der Waals surface area contributed by atoms with Crippen LogP contribution in [-0.2, 0) is 6.54 Å². The van der Waals surface area contributed by atoms with Crippen molar-refractivity contribution in [2.45, 2.75) is 13.5 Å². The minimum Gasteiger partial charge on any atom is -0.311 e. The van der Waals surface area contributed by atoms with Crippen molar-refractivity contribution in [3.63, 3.8) is 0 Å². The quantitative estimate of drug-likeness (QED) is 0.910. The number of rotatable bonds is 4. The zero-order chi connectivity index (χ0) is 12.3. The Morgan fingerprint density at radius 1 is 1.35 bits per heavy atom.